The zero-order valence-electron chi connectivity index (χ0n) is 14.3. The van der Waals surface area contributed by atoms with Gasteiger partial charge in [-0.3, -0.25) is 9.48 Å². The minimum Gasteiger partial charge on any atom is -0.341 e. The van der Waals surface area contributed by atoms with Gasteiger partial charge in [0.2, 0.25) is 0 Å². The molecule has 132 valence electrons. The predicted molar refractivity (Wildman–Crippen MR) is 92.7 cm³/mol. The first kappa shape index (κ1) is 17.6. The Hall–Kier alpha value is -3.25. The molecule has 0 unspecified atom stereocenters. The topological polar surface area (TPSA) is 114 Å². The number of carbonyl (C=O) groups excluding carboxylic acids is 1. The average molecular weight is 371 g/mol. The van der Waals surface area contributed by atoms with Crippen molar-refractivity contribution in [2.24, 2.45) is 7.05 Å². The van der Waals surface area contributed by atoms with Crippen molar-refractivity contribution in [1.82, 2.24) is 34.8 Å². The van der Waals surface area contributed by atoms with Gasteiger partial charge in [0.05, 0.1) is 11.6 Å². The van der Waals surface area contributed by atoms with Gasteiger partial charge in [-0.1, -0.05) is 11.6 Å². The fourth-order valence-electron chi connectivity index (χ4n) is 2.44. The number of halogens is 1. The monoisotopic (exact) mass is 370 g/mol. The minimum absolute atomic E-state index is 0.242. The van der Waals surface area contributed by atoms with Gasteiger partial charge in [-0.2, -0.15) is 15.0 Å². The molecule has 0 aromatic carbocycles. The molecule has 26 heavy (non-hydrogen) atoms. The van der Waals surface area contributed by atoms with Crippen LogP contribution in [0.3, 0.4) is 0 Å². The van der Waals surface area contributed by atoms with E-state index in [0.717, 1.165) is 0 Å². The van der Waals surface area contributed by atoms with Crippen molar-refractivity contribution in [3.63, 3.8) is 0 Å². The van der Waals surface area contributed by atoms with Crippen molar-refractivity contribution >= 4 is 17.5 Å². The second-order valence-corrected chi connectivity index (χ2v) is 6.00. The molecule has 0 aliphatic carbocycles. The van der Waals surface area contributed by atoms with Gasteiger partial charge >= 0.3 is 0 Å². The van der Waals surface area contributed by atoms with Gasteiger partial charge in [0, 0.05) is 19.3 Å². The lowest BCUT2D eigenvalue weighted by atomic mass is 10.2. The van der Waals surface area contributed by atoms with E-state index in [1.807, 2.05) is 6.07 Å². The summed E-state index contributed by atoms with van der Waals surface area (Å²) in [5.41, 5.74) is 0.780. The Labute approximate surface area is 154 Å². The molecule has 0 saturated heterocycles. The summed E-state index contributed by atoms with van der Waals surface area (Å²) < 4.78 is 2.94. The Balaban J connectivity index is 1.88. The number of carbonyl (C=O) groups is 1. The number of aromatic nitrogens is 6. The lowest BCUT2D eigenvalue weighted by Gasteiger charge is -2.14. The maximum atomic E-state index is 12.5. The van der Waals surface area contributed by atoms with Crippen LogP contribution in [-0.2, 0) is 7.05 Å². The number of aryl methyl sites for hydroxylation is 2. The van der Waals surface area contributed by atoms with Crippen molar-refractivity contribution in [3.8, 4) is 11.9 Å². The second kappa shape index (κ2) is 6.93. The van der Waals surface area contributed by atoms with Crippen LogP contribution in [0.1, 0.15) is 40.7 Å². The van der Waals surface area contributed by atoms with Crippen LogP contribution in [0.5, 0.6) is 0 Å². The number of hydrogen-bond donors (Lipinski definition) is 1. The molecule has 9 nitrogen and oxygen atoms in total. The van der Waals surface area contributed by atoms with Crippen molar-refractivity contribution in [2.75, 3.05) is 0 Å². The van der Waals surface area contributed by atoms with Crippen molar-refractivity contribution in [2.45, 2.75) is 19.9 Å². The lowest BCUT2D eigenvalue weighted by molar-refractivity contribution is 0.0928. The van der Waals surface area contributed by atoms with Gasteiger partial charge in [0.25, 0.3) is 5.91 Å². The number of pyridine rings is 1. The first-order valence-corrected chi connectivity index (χ1v) is 8.07. The summed E-state index contributed by atoms with van der Waals surface area (Å²) in [5.74, 6) is 1.22. The molecule has 0 saturated carbocycles. The van der Waals surface area contributed by atoms with E-state index in [4.69, 9.17) is 16.9 Å². The van der Waals surface area contributed by atoms with Crippen molar-refractivity contribution in [3.05, 3.63) is 52.5 Å². The van der Waals surface area contributed by atoms with E-state index < -0.39 is 6.04 Å². The fourth-order valence-corrected chi connectivity index (χ4v) is 2.65. The SMILES string of the molecule is Cc1nc([C@H](C)NC(=O)c2cc(Cl)nn2C)n(-c2ccc(C#N)cn2)n1. The summed E-state index contributed by atoms with van der Waals surface area (Å²) in [6.45, 7) is 3.54. The summed E-state index contributed by atoms with van der Waals surface area (Å²) >= 11 is 5.83. The molecule has 3 heterocycles. The Morgan fingerprint density at radius 3 is 2.73 bits per heavy atom. The zero-order valence-corrected chi connectivity index (χ0v) is 15.1. The van der Waals surface area contributed by atoms with Crippen LogP contribution in [0.15, 0.2) is 24.4 Å². The van der Waals surface area contributed by atoms with Crippen LogP contribution in [0.25, 0.3) is 5.82 Å². The molecular formula is C16H15ClN8O. The zero-order chi connectivity index (χ0) is 18.8. The Kier molecular flexibility index (Phi) is 4.69. The van der Waals surface area contributed by atoms with Gasteiger partial charge in [-0.15, -0.1) is 5.10 Å². The summed E-state index contributed by atoms with van der Waals surface area (Å²) in [6, 6.07) is 6.37. The van der Waals surface area contributed by atoms with E-state index in [9.17, 15) is 4.79 Å². The van der Waals surface area contributed by atoms with Gasteiger partial charge in [-0.25, -0.2) is 9.97 Å². The number of nitrogens with one attached hydrogen (secondary N) is 1. The first-order valence-electron chi connectivity index (χ1n) is 7.69. The molecule has 3 aromatic rings. The summed E-state index contributed by atoms with van der Waals surface area (Å²) in [6.07, 6.45) is 1.46. The highest BCUT2D eigenvalue weighted by atomic mass is 35.5. The van der Waals surface area contributed by atoms with E-state index in [2.05, 4.69) is 25.5 Å². The molecule has 0 aliphatic heterocycles. The largest absolute Gasteiger partial charge is 0.341 e. The summed E-state index contributed by atoms with van der Waals surface area (Å²) in [7, 11) is 1.64. The molecular weight excluding hydrogens is 356 g/mol. The van der Waals surface area contributed by atoms with Crippen LogP contribution in [-0.4, -0.2) is 35.4 Å². The van der Waals surface area contributed by atoms with Gasteiger partial charge in [0.15, 0.2) is 16.8 Å². The second-order valence-electron chi connectivity index (χ2n) is 5.62. The predicted octanol–water partition coefficient (Wildman–Crippen LogP) is 1.72. The average Bonchev–Trinajstić information content (AvgIpc) is 3.17. The van der Waals surface area contributed by atoms with Crippen molar-refractivity contribution < 1.29 is 4.79 Å². The van der Waals surface area contributed by atoms with Gasteiger partial charge < -0.3 is 5.32 Å². The number of nitriles is 1. The molecule has 0 bridgehead atoms. The minimum atomic E-state index is -0.449. The molecule has 1 atom stereocenters. The van der Waals surface area contributed by atoms with E-state index in [1.165, 1.54) is 21.6 Å². The first-order chi connectivity index (χ1) is 12.4. The maximum Gasteiger partial charge on any atom is 0.270 e. The van der Waals surface area contributed by atoms with E-state index >= 15 is 0 Å². The Bertz CT molecular complexity index is 998. The van der Waals surface area contributed by atoms with E-state index in [0.29, 0.717) is 28.7 Å². The van der Waals surface area contributed by atoms with Gasteiger partial charge in [-0.05, 0) is 26.0 Å². The maximum absolute atomic E-state index is 12.5. The Morgan fingerprint density at radius 1 is 1.38 bits per heavy atom. The van der Waals surface area contributed by atoms with Crippen LogP contribution in [0.2, 0.25) is 5.15 Å². The van der Waals surface area contributed by atoms with E-state index in [-0.39, 0.29) is 11.1 Å². The standard InChI is InChI=1S/C16H15ClN8O/c1-9(20-16(26)12-6-13(17)23-24(12)3)15-21-10(2)22-25(15)14-5-4-11(7-18)8-19-14/h4-6,8-9H,1-3H3,(H,20,26)/t9-/m0/s1. The molecule has 0 fully saturated rings. The lowest BCUT2D eigenvalue weighted by Crippen LogP contribution is -2.30. The molecule has 1 N–H and O–H groups in total. The van der Waals surface area contributed by atoms with Crippen LogP contribution < -0.4 is 5.32 Å². The summed E-state index contributed by atoms with van der Waals surface area (Å²) in [4.78, 5) is 21.1. The highest BCUT2D eigenvalue weighted by Gasteiger charge is 2.21. The number of amides is 1. The molecule has 3 rings (SSSR count). The fraction of sp³-hybridized carbons (Fsp3) is 0.250. The summed E-state index contributed by atoms with van der Waals surface area (Å²) in [5, 5.41) is 20.3. The van der Waals surface area contributed by atoms with E-state index in [1.54, 1.807) is 33.0 Å². The normalized spacial score (nSPS) is 11.8. The highest BCUT2D eigenvalue weighted by molar-refractivity contribution is 6.29. The van der Waals surface area contributed by atoms with Crippen LogP contribution in [0.4, 0.5) is 0 Å². The van der Waals surface area contributed by atoms with Gasteiger partial charge in [0.1, 0.15) is 17.6 Å². The molecule has 1 amide bonds. The third-order valence-electron chi connectivity index (χ3n) is 3.65. The molecule has 0 aliphatic rings. The molecule has 10 heteroatoms. The number of nitrogens with zero attached hydrogens (tertiary/aromatic N) is 7. The molecule has 0 radical (unpaired) electrons. The van der Waals surface area contributed by atoms with Crippen LogP contribution >= 0.6 is 11.6 Å². The number of rotatable bonds is 4. The smallest absolute Gasteiger partial charge is 0.270 e. The molecule has 0 spiro atoms. The van der Waals surface area contributed by atoms with Crippen LogP contribution in [0, 0.1) is 18.3 Å². The third kappa shape index (κ3) is 3.41. The Morgan fingerprint density at radius 2 is 2.15 bits per heavy atom. The van der Waals surface area contributed by atoms with Crippen molar-refractivity contribution in [1.29, 1.82) is 5.26 Å². The highest BCUT2D eigenvalue weighted by Crippen LogP contribution is 2.16. The molecule has 3 aromatic heterocycles. The number of hydrogen-bond acceptors (Lipinski definition) is 6. The quantitative estimate of drug-likeness (QED) is 0.747. The third-order valence-corrected chi connectivity index (χ3v) is 3.83.